The van der Waals surface area contributed by atoms with Crippen LogP contribution < -0.4 is 10.6 Å². The number of aliphatic imine (C=N–C) groups is 1. The number of hydrogen-bond donors (Lipinski definition) is 2. The second kappa shape index (κ2) is 14.8. The molecule has 2 aliphatic rings. The normalized spacial score (nSPS) is 20.2. The molecule has 32 heavy (non-hydrogen) atoms. The van der Waals surface area contributed by atoms with E-state index in [1.54, 1.807) is 6.26 Å². The van der Waals surface area contributed by atoms with Crippen LogP contribution in [-0.4, -0.2) is 61.7 Å². The Balaban J connectivity index is 0.00000363. The number of guanidine groups is 1. The third kappa shape index (κ3) is 8.57. The zero-order valence-corrected chi connectivity index (χ0v) is 22.0. The van der Waals surface area contributed by atoms with Gasteiger partial charge in [-0.25, -0.2) is 0 Å². The minimum Gasteiger partial charge on any atom is -0.469 e. The number of piperidine rings is 1. The van der Waals surface area contributed by atoms with Crippen LogP contribution in [0.3, 0.4) is 0 Å². The van der Waals surface area contributed by atoms with Gasteiger partial charge in [-0.1, -0.05) is 13.8 Å². The second-order valence-corrected chi connectivity index (χ2v) is 8.69. The largest absolute Gasteiger partial charge is 0.469 e. The molecule has 2 saturated heterocycles. The van der Waals surface area contributed by atoms with E-state index in [1.165, 1.54) is 6.42 Å². The molecule has 0 radical (unpaired) electrons. The number of ether oxygens (including phenoxy) is 1. The number of hydrogen-bond acceptors (Lipinski definition) is 4. The standard InChI is InChI=1S/C24H40N4O3.HI/c1-3-19(4-2)23(29)28-14-11-20(12-15-28)27-24(25-13-10-21-9-7-17-30-21)26-18-22-8-5-6-16-31-22;/h7,9,17,19-20,22H,3-6,8,10-16,18H2,1-2H3,(H2,25,26,27);1H. The first-order valence-electron chi connectivity index (χ1n) is 12.2. The minimum absolute atomic E-state index is 0. The lowest BCUT2D eigenvalue weighted by molar-refractivity contribution is -0.136. The molecule has 3 heterocycles. The number of carbonyl (C=O) groups excluding carboxylic acids is 1. The predicted octanol–water partition coefficient (Wildman–Crippen LogP) is 3.97. The van der Waals surface area contributed by atoms with Gasteiger partial charge in [0, 0.05) is 44.6 Å². The van der Waals surface area contributed by atoms with Crippen molar-refractivity contribution in [2.24, 2.45) is 10.9 Å². The van der Waals surface area contributed by atoms with Crippen LogP contribution in [0.5, 0.6) is 0 Å². The zero-order valence-electron chi connectivity index (χ0n) is 19.7. The fourth-order valence-corrected chi connectivity index (χ4v) is 4.39. The Labute approximate surface area is 210 Å². The van der Waals surface area contributed by atoms with Gasteiger partial charge in [-0.15, -0.1) is 24.0 Å². The number of halogens is 1. The molecule has 0 bridgehead atoms. The van der Waals surface area contributed by atoms with Gasteiger partial charge in [0.05, 0.1) is 18.9 Å². The van der Waals surface area contributed by atoms with Crippen molar-refractivity contribution in [1.29, 1.82) is 0 Å². The van der Waals surface area contributed by atoms with Crippen molar-refractivity contribution in [2.45, 2.75) is 77.4 Å². The number of rotatable bonds is 9. The molecule has 1 atom stereocenters. The second-order valence-electron chi connectivity index (χ2n) is 8.69. The molecule has 3 rings (SSSR count). The van der Waals surface area contributed by atoms with E-state index in [4.69, 9.17) is 14.1 Å². The smallest absolute Gasteiger partial charge is 0.225 e. The highest BCUT2D eigenvalue weighted by molar-refractivity contribution is 14.0. The van der Waals surface area contributed by atoms with Crippen LogP contribution in [0.4, 0.5) is 0 Å². The molecule has 2 fully saturated rings. The summed E-state index contributed by atoms with van der Waals surface area (Å²) in [5.41, 5.74) is 0. The van der Waals surface area contributed by atoms with Gasteiger partial charge in [-0.05, 0) is 57.1 Å². The lowest BCUT2D eigenvalue weighted by atomic mass is 9.98. The van der Waals surface area contributed by atoms with E-state index in [-0.39, 0.29) is 36.0 Å². The van der Waals surface area contributed by atoms with Gasteiger partial charge >= 0.3 is 0 Å². The molecule has 7 nitrogen and oxygen atoms in total. The van der Waals surface area contributed by atoms with Crippen LogP contribution in [0.25, 0.3) is 0 Å². The number of carbonyl (C=O) groups is 1. The number of likely N-dealkylation sites (tertiary alicyclic amines) is 1. The van der Waals surface area contributed by atoms with Crippen LogP contribution in [0, 0.1) is 5.92 Å². The van der Waals surface area contributed by atoms with Crippen LogP contribution in [0.1, 0.15) is 64.6 Å². The Bertz CT molecular complexity index is 665. The molecule has 2 aliphatic heterocycles. The zero-order chi connectivity index (χ0) is 21.9. The van der Waals surface area contributed by atoms with Crippen molar-refractivity contribution in [3.05, 3.63) is 24.2 Å². The fraction of sp³-hybridized carbons (Fsp3) is 0.750. The van der Waals surface area contributed by atoms with Gasteiger partial charge in [0.1, 0.15) is 5.76 Å². The summed E-state index contributed by atoms with van der Waals surface area (Å²) in [4.78, 5) is 19.5. The maximum Gasteiger partial charge on any atom is 0.225 e. The van der Waals surface area contributed by atoms with E-state index in [2.05, 4.69) is 24.5 Å². The topological polar surface area (TPSA) is 79.1 Å². The van der Waals surface area contributed by atoms with E-state index in [0.29, 0.717) is 18.5 Å². The molecule has 2 N–H and O–H groups in total. The average Bonchev–Trinajstić information content (AvgIpc) is 3.33. The van der Waals surface area contributed by atoms with Gasteiger partial charge in [0.25, 0.3) is 0 Å². The number of amides is 1. The van der Waals surface area contributed by atoms with E-state index >= 15 is 0 Å². The van der Waals surface area contributed by atoms with E-state index in [0.717, 1.165) is 82.9 Å². The molecule has 1 unspecified atom stereocenters. The molecular formula is C24H41IN4O3. The Morgan fingerprint density at radius 3 is 2.62 bits per heavy atom. The summed E-state index contributed by atoms with van der Waals surface area (Å²) < 4.78 is 11.3. The van der Waals surface area contributed by atoms with E-state index < -0.39 is 0 Å². The fourth-order valence-electron chi connectivity index (χ4n) is 4.39. The maximum atomic E-state index is 12.7. The van der Waals surface area contributed by atoms with Crippen molar-refractivity contribution < 1.29 is 13.9 Å². The number of furan rings is 1. The molecule has 182 valence electrons. The van der Waals surface area contributed by atoms with Gasteiger partial charge in [-0.3, -0.25) is 9.79 Å². The van der Waals surface area contributed by atoms with Crippen molar-refractivity contribution in [3.63, 3.8) is 0 Å². The maximum absolute atomic E-state index is 12.7. The van der Waals surface area contributed by atoms with E-state index in [9.17, 15) is 4.79 Å². The van der Waals surface area contributed by atoms with E-state index in [1.807, 2.05) is 17.0 Å². The molecule has 0 aromatic carbocycles. The summed E-state index contributed by atoms with van der Waals surface area (Å²) in [5.74, 6) is 2.30. The van der Waals surface area contributed by atoms with Gasteiger partial charge in [-0.2, -0.15) is 0 Å². The molecule has 0 saturated carbocycles. The van der Waals surface area contributed by atoms with Gasteiger partial charge in [0.15, 0.2) is 5.96 Å². The van der Waals surface area contributed by atoms with Gasteiger partial charge in [0.2, 0.25) is 5.91 Å². The number of nitrogens with zero attached hydrogens (tertiary/aromatic N) is 2. The van der Waals surface area contributed by atoms with Crippen LogP contribution in [0.15, 0.2) is 27.8 Å². The predicted molar refractivity (Wildman–Crippen MR) is 139 cm³/mol. The first-order valence-corrected chi connectivity index (χ1v) is 12.2. The Kier molecular flexibility index (Phi) is 12.4. The highest BCUT2D eigenvalue weighted by Gasteiger charge is 2.27. The first-order chi connectivity index (χ1) is 15.2. The van der Waals surface area contributed by atoms with Crippen molar-refractivity contribution in [1.82, 2.24) is 15.5 Å². The van der Waals surface area contributed by atoms with Crippen LogP contribution in [-0.2, 0) is 16.0 Å². The third-order valence-electron chi connectivity index (χ3n) is 6.45. The average molecular weight is 561 g/mol. The summed E-state index contributed by atoms with van der Waals surface area (Å²) >= 11 is 0. The molecule has 8 heteroatoms. The SMILES string of the molecule is CCC(CC)C(=O)N1CCC(NC(=NCC2CCCCO2)NCCc2ccco2)CC1.I. The minimum atomic E-state index is 0. The third-order valence-corrected chi connectivity index (χ3v) is 6.45. The van der Waals surface area contributed by atoms with Crippen molar-refractivity contribution in [3.8, 4) is 0 Å². The van der Waals surface area contributed by atoms with Crippen molar-refractivity contribution in [2.75, 3.05) is 32.8 Å². The quantitative estimate of drug-likeness (QED) is 0.272. The molecule has 1 aromatic heterocycles. The first kappa shape index (κ1) is 27.0. The Morgan fingerprint density at radius 2 is 2.00 bits per heavy atom. The summed E-state index contributed by atoms with van der Waals surface area (Å²) in [6.07, 6.45) is 9.95. The summed E-state index contributed by atoms with van der Waals surface area (Å²) in [6.45, 7) is 8.13. The Hall–Kier alpha value is -1.29. The van der Waals surface area contributed by atoms with Gasteiger partial charge < -0.3 is 24.7 Å². The monoisotopic (exact) mass is 560 g/mol. The highest BCUT2D eigenvalue weighted by Crippen LogP contribution is 2.17. The summed E-state index contributed by atoms with van der Waals surface area (Å²) in [5, 5.41) is 7.07. The molecule has 0 aliphatic carbocycles. The lowest BCUT2D eigenvalue weighted by Crippen LogP contribution is -2.51. The van der Waals surface area contributed by atoms with Crippen LogP contribution in [0.2, 0.25) is 0 Å². The van der Waals surface area contributed by atoms with Crippen molar-refractivity contribution >= 4 is 35.8 Å². The lowest BCUT2D eigenvalue weighted by Gasteiger charge is -2.35. The molecule has 1 amide bonds. The molecular weight excluding hydrogens is 519 g/mol. The number of nitrogens with one attached hydrogen (secondary N) is 2. The summed E-state index contributed by atoms with van der Waals surface area (Å²) in [7, 11) is 0. The summed E-state index contributed by atoms with van der Waals surface area (Å²) in [6, 6.07) is 4.24. The molecule has 1 aromatic rings. The highest BCUT2D eigenvalue weighted by atomic mass is 127. The van der Waals surface area contributed by atoms with Crippen LogP contribution >= 0.6 is 24.0 Å². The molecule has 0 spiro atoms. The Morgan fingerprint density at radius 1 is 1.22 bits per heavy atom.